The number of ether oxygens (including phenoxy) is 1. The van der Waals surface area contributed by atoms with Crippen molar-refractivity contribution in [2.24, 2.45) is 52.1 Å². The van der Waals surface area contributed by atoms with E-state index in [0.717, 1.165) is 51.4 Å². The SMILES string of the molecule is COC(=O)CC[C@@H](C)[C@H]1CC[C@H]2[C@@H]3C(O)C[C@@H]4C[C@@H](N)CC[C@]4(C)[C@H]3C[C@H](O)[C@]12C. The van der Waals surface area contributed by atoms with Gasteiger partial charge < -0.3 is 20.7 Å². The zero-order valence-electron chi connectivity index (χ0n) is 19.3. The molecule has 0 aromatic rings. The maximum absolute atomic E-state index is 11.7. The van der Waals surface area contributed by atoms with Gasteiger partial charge in [0.25, 0.3) is 0 Å². The molecule has 4 aliphatic carbocycles. The highest BCUT2D eigenvalue weighted by Crippen LogP contribution is 2.68. The summed E-state index contributed by atoms with van der Waals surface area (Å²) in [6.07, 6.45) is 7.69. The number of aliphatic hydroxyl groups is 2. The van der Waals surface area contributed by atoms with Crippen LogP contribution in [0.5, 0.6) is 0 Å². The summed E-state index contributed by atoms with van der Waals surface area (Å²) in [5, 5.41) is 22.9. The third kappa shape index (κ3) is 3.34. The molecular weight excluding hydrogens is 378 g/mol. The molecule has 0 spiro atoms. The smallest absolute Gasteiger partial charge is 0.305 e. The molecule has 4 N–H and O–H groups in total. The molecule has 172 valence electrons. The number of fused-ring (bicyclic) bond motifs is 5. The van der Waals surface area contributed by atoms with Gasteiger partial charge in [0, 0.05) is 12.5 Å². The van der Waals surface area contributed by atoms with Crippen molar-refractivity contribution in [3.05, 3.63) is 0 Å². The molecule has 1 unspecified atom stereocenters. The van der Waals surface area contributed by atoms with E-state index >= 15 is 0 Å². The fourth-order valence-corrected chi connectivity index (χ4v) is 8.84. The Morgan fingerprint density at radius 1 is 1.13 bits per heavy atom. The standard InChI is InChI=1S/C25H43NO4/c1-14(5-8-22(29)30-4)17-6-7-18-23-19(13-21(28)25(17,18)3)24(2)10-9-16(26)11-15(24)12-20(23)27/h14-21,23,27-28H,5-13,26H2,1-4H3/t14-,15+,16+,17-,18+,19+,20?,21+,23+,24+,25-/m1/s1. The predicted octanol–water partition coefficient (Wildman–Crippen LogP) is 3.50. The summed E-state index contributed by atoms with van der Waals surface area (Å²) in [6, 6.07) is 0.261. The second kappa shape index (κ2) is 8.04. The van der Waals surface area contributed by atoms with Crippen LogP contribution in [0.25, 0.3) is 0 Å². The second-order valence-corrected chi connectivity index (χ2v) is 11.7. The maximum atomic E-state index is 11.7. The summed E-state index contributed by atoms with van der Waals surface area (Å²) in [6.45, 7) is 6.94. The molecule has 5 nitrogen and oxygen atoms in total. The van der Waals surface area contributed by atoms with Gasteiger partial charge in [0.2, 0.25) is 0 Å². The lowest BCUT2D eigenvalue weighted by Crippen LogP contribution is -2.62. The van der Waals surface area contributed by atoms with Gasteiger partial charge in [-0.1, -0.05) is 20.8 Å². The Labute approximate surface area is 182 Å². The van der Waals surface area contributed by atoms with E-state index in [0.29, 0.717) is 36.0 Å². The third-order valence-corrected chi connectivity index (χ3v) is 10.6. The lowest BCUT2D eigenvalue weighted by molar-refractivity contribution is -0.202. The van der Waals surface area contributed by atoms with Crippen molar-refractivity contribution < 1.29 is 19.7 Å². The molecule has 0 aliphatic heterocycles. The summed E-state index contributed by atoms with van der Waals surface area (Å²) in [7, 11) is 1.45. The van der Waals surface area contributed by atoms with Gasteiger partial charge in [0.15, 0.2) is 0 Å². The van der Waals surface area contributed by atoms with Crippen LogP contribution in [0.3, 0.4) is 0 Å². The van der Waals surface area contributed by atoms with Crippen LogP contribution in [0.2, 0.25) is 0 Å². The lowest BCUT2D eigenvalue weighted by Gasteiger charge is -2.63. The predicted molar refractivity (Wildman–Crippen MR) is 116 cm³/mol. The molecule has 0 bridgehead atoms. The third-order valence-electron chi connectivity index (χ3n) is 10.6. The Morgan fingerprint density at radius 3 is 2.57 bits per heavy atom. The molecule has 4 rings (SSSR count). The number of hydrogen-bond acceptors (Lipinski definition) is 5. The van der Waals surface area contributed by atoms with Crippen molar-refractivity contribution in [2.75, 3.05) is 7.11 Å². The molecule has 0 radical (unpaired) electrons. The number of carbonyl (C=O) groups is 1. The van der Waals surface area contributed by atoms with E-state index in [1.54, 1.807) is 0 Å². The summed E-state index contributed by atoms with van der Waals surface area (Å²) in [5.74, 6) is 2.11. The number of esters is 1. The Bertz CT molecular complexity index is 655. The van der Waals surface area contributed by atoms with Crippen LogP contribution in [0.1, 0.15) is 78.6 Å². The summed E-state index contributed by atoms with van der Waals surface area (Å²) in [4.78, 5) is 11.7. The van der Waals surface area contributed by atoms with Crippen molar-refractivity contribution in [1.29, 1.82) is 0 Å². The number of carbonyl (C=O) groups excluding carboxylic acids is 1. The highest BCUT2D eigenvalue weighted by Gasteiger charge is 2.65. The molecule has 4 saturated carbocycles. The lowest BCUT2D eigenvalue weighted by atomic mass is 9.43. The number of hydrogen-bond donors (Lipinski definition) is 3. The van der Waals surface area contributed by atoms with Gasteiger partial charge in [-0.15, -0.1) is 0 Å². The number of rotatable bonds is 4. The summed E-state index contributed by atoms with van der Waals surface area (Å²) in [5.41, 5.74) is 6.31. The zero-order valence-corrected chi connectivity index (χ0v) is 19.3. The first kappa shape index (κ1) is 22.5. The van der Waals surface area contributed by atoms with Crippen LogP contribution < -0.4 is 5.73 Å². The fourth-order valence-electron chi connectivity index (χ4n) is 8.84. The van der Waals surface area contributed by atoms with Gasteiger partial charge in [0.1, 0.15) is 0 Å². The van der Waals surface area contributed by atoms with Gasteiger partial charge in [0.05, 0.1) is 19.3 Å². The minimum absolute atomic E-state index is 0.150. The van der Waals surface area contributed by atoms with Gasteiger partial charge in [-0.05, 0) is 97.7 Å². The van der Waals surface area contributed by atoms with Gasteiger partial charge in [-0.25, -0.2) is 0 Å². The van der Waals surface area contributed by atoms with E-state index in [-0.39, 0.29) is 41.0 Å². The molecule has 30 heavy (non-hydrogen) atoms. The summed E-state index contributed by atoms with van der Waals surface area (Å²) >= 11 is 0. The first-order chi connectivity index (χ1) is 14.1. The normalized spacial score (nSPS) is 51.4. The summed E-state index contributed by atoms with van der Waals surface area (Å²) < 4.78 is 4.84. The molecule has 5 heteroatoms. The van der Waals surface area contributed by atoms with Crippen molar-refractivity contribution >= 4 is 5.97 Å². The first-order valence-electron chi connectivity index (χ1n) is 12.3. The Morgan fingerprint density at radius 2 is 1.87 bits per heavy atom. The number of aliphatic hydroxyl groups excluding tert-OH is 2. The van der Waals surface area contributed by atoms with Crippen LogP contribution in [0, 0.1) is 46.3 Å². The van der Waals surface area contributed by atoms with E-state index in [2.05, 4.69) is 20.8 Å². The Hall–Kier alpha value is -0.650. The second-order valence-electron chi connectivity index (χ2n) is 11.7. The molecule has 0 heterocycles. The molecule has 0 aromatic carbocycles. The minimum Gasteiger partial charge on any atom is -0.469 e. The van der Waals surface area contributed by atoms with Crippen LogP contribution in [0.4, 0.5) is 0 Å². The van der Waals surface area contributed by atoms with E-state index in [4.69, 9.17) is 10.5 Å². The first-order valence-corrected chi connectivity index (χ1v) is 12.3. The van der Waals surface area contributed by atoms with E-state index in [1.807, 2.05) is 0 Å². The molecule has 0 amide bonds. The van der Waals surface area contributed by atoms with Crippen LogP contribution in [-0.4, -0.2) is 41.5 Å². The minimum atomic E-state index is -0.338. The quantitative estimate of drug-likeness (QED) is 0.604. The van der Waals surface area contributed by atoms with Gasteiger partial charge in [-0.2, -0.15) is 0 Å². The van der Waals surface area contributed by atoms with Crippen molar-refractivity contribution in [1.82, 2.24) is 0 Å². The fraction of sp³-hybridized carbons (Fsp3) is 0.960. The average Bonchev–Trinajstić information content (AvgIpc) is 3.06. The number of nitrogens with two attached hydrogens (primary N) is 1. The van der Waals surface area contributed by atoms with E-state index in [1.165, 1.54) is 7.11 Å². The highest BCUT2D eigenvalue weighted by atomic mass is 16.5. The largest absolute Gasteiger partial charge is 0.469 e. The Kier molecular flexibility index (Phi) is 6.04. The average molecular weight is 422 g/mol. The zero-order chi connectivity index (χ0) is 21.8. The Balaban J connectivity index is 1.58. The van der Waals surface area contributed by atoms with E-state index in [9.17, 15) is 15.0 Å². The molecule has 0 aromatic heterocycles. The van der Waals surface area contributed by atoms with Gasteiger partial charge in [-0.3, -0.25) is 4.79 Å². The van der Waals surface area contributed by atoms with Crippen molar-refractivity contribution in [3.63, 3.8) is 0 Å². The molecular formula is C25H43NO4. The van der Waals surface area contributed by atoms with Crippen LogP contribution >= 0.6 is 0 Å². The molecule has 4 aliphatic rings. The molecule has 4 fully saturated rings. The monoisotopic (exact) mass is 421 g/mol. The van der Waals surface area contributed by atoms with Crippen LogP contribution in [-0.2, 0) is 9.53 Å². The van der Waals surface area contributed by atoms with Crippen molar-refractivity contribution in [2.45, 2.75) is 96.8 Å². The topological polar surface area (TPSA) is 92.8 Å². The maximum Gasteiger partial charge on any atom is 0.305 e. The number of methoxy groups -OCH3 is 1. The molecule has 0 saturated heterocycles. The van der Waals surface area contributed by atoms with E-state index < -0.39 is 0 Å². The molecule has 11 atom stereocenters. The van der Waals surface area contributed by atoms with Crippen molar-refractivity contribution in [3.8, 4) is 0 Å². The van der Waals surface area contributed by atoms with Gasteiger partial charge >= 0.3 is 5.97 Å². The highest BCUT2D eigenvalue weighted by molar-refractivity contribution is 5.69. The van der Waals surface area contributed by atoms with Crippen LogP contribution in [0.15, 0.2) is 0 Å².